The summed E-state index contributed by atoms with van der Waals surface area (Å²) in [6.45, 7) is -0.439. The van der Waals surface area contributed by atoms with Crippen LogP contribution in [0.3, 0.4) is 0 Å². The minimum Gasteiger partial charge on any atom is -0.497 e. The Hall–Kier alpha value is -3.25. The number of sulfonamides is 1. The van der Waals surface area contributed by atoms with Gasteiger partial charge in [0.25, 0.3) is 0 Å². The van der Waals surface area contributed by atoms with Gasteiger partial charge in [0.15, 0.2) is 0 Å². The van der Waals surface area contributed by atoms with E-state index in [9.17, 15) is 13.2 Å². The molecule has 0 atom stereocenters. The third-order valence-electron chi connectivity index (χ3n) is 3.65. The third kappa shape index (κ3) is 5.12. The van der Waals surface area contributed by atoms with Gasteiger partial charge in [-0.25, -0.2) is 8.42 Å². The number of carbonyl (C=O) groups excluding carboxylic acids is 1. The minimum absolute atomic E-state index is 0.282. The van der Waals surface area contributed by atoms with Gasteiger partial charge in [0.1, 0.15) is 18.0 Å². The fourth-order valence-corrected chi connectivity index (χ4v) is 3.19. The van der Waals surface area contributed by atoms with Crippen LogP contribution in [0.2, 0.25) is 0 Å². The van der Waals surface area contributed by atoms with Crippen molar-refractivity contribution >= 4 is 27.3 Å². The van der Waals surface area contributed by atoms with Gasteiger partial charge < -0.3 is 14.8 Å². The molecule has 0 fully saturated rings. The molecule has 8 nitrogen and oxygen atoms in total. The Kier molecular flexibility index (Phi) is 6.26. The predicted octanol–water partition coefficient (Wildman–Crippen LogP) is 1.98. The maximum absolute atomic E-state index is 12.5. The average Bonchev–Trinajstić information content (AvgIpc) is 2.65. The number of nitrogens with zero attached hydrogens (tertiary/aromatic N) is 2. The first kappa shape index (κ1) is 20.1. The number of carbonyl (C=O) groups is 1. The van der Waals surface area contributed by atoms with Crippen LogP contribution in [0.25, 0.3) is 0 Å². The van der Waals surface area contributed by atoms with E-state index in [1.165, 1.54) is 38.5 Å². The molecule has 0 radical (unpaired) electrons. The molecular weight excluding hydrogens is 370 g/mol. The zero-order chi connectivity index (χ0) is 20.0. The number of nitrogens with one attached hydrogen (secondary N) is 1. The lowest BCUT2D eigenvalue weighted by Gasteiger charge is -2.22. The molecule has 0 heterocycles. The number of benzene rings is 2. The van der Waals surface area contributed by atoms with Crippen molar-refractivity contribution in [2.24, 2.45) is 0 Å². The lowest BCUT2D eigenvalue weighted by atomic mass is 10.2. The highest BCUT2D eigenvalue weighted by Gasteiger charge is 2.21. The van der Waals surface area contributed by atoms with Crippen molar-refractivity contribution in [3.05, 3.63) is 48.0 Å². The van der Waals surface area contributed by atoms with Crippen LogP contribution in [0, 0.1) is 11.3 Å². The quantitative estimate of drug-likeness (QED) is 0.776. The van der Waals surface area contributed by atoms with Crippen LogP contribution < -0.4 is 19.1 Å². The third-order valence-corrected chi connectivity index (χ3v) is 4.79. The standard InChI is InChI=1S/C18H19N3O5S/c1-25-15-8-9-17(26-2)16(10-15)20-18(22)12-21(27(3,23)24)14-6-4-13(11-19)5-7-14/h4-10H,12H2,1-3H3,(H,20,22). The molecular formula is C18H19N3O5S. The summed E-state index contributed by atoms with van der Waals surface area (Å²) < 4.78 is 35.5. The molecule has 0 saturated carbocycles. The molecule has 0 aliphatic heterocycles. The van der Waals surface area contributed by atoms with Crippen LogP contribution in [0.15, 0.2) is 42.5 Å². The molecule has 9 heteroatoms. The van der Waals surface area contributed by atoms with Crippen molar-refractivity contribution in [2.45, 2.75) is 0 Å². The first-order chi connectivity index (χ1) is 12.8. The van der Waals surface area contributed by atoms with Crippen LogP contribution in [0.5, 0.6) is 11.5 Å². The highest BCUT2D eigenvalue weighted by Crippen LogP contribution is 2.29. The van der Waals surface area contributed by atoms with Crippen molar-refractivity contribution in [1.29, 1.82) is 5.26 Å². The molecule has 0 spiro atoms. The maximum Gasteiger partial charge on any atom is 0.245 e. The molecule has 1 N–H and O–H groups in total. The summed E-state index contributed by atoms with van der Waals surface area (Å²) in [4.78, 5) is 12.5. The van der Waals surface area contributed by atoms with E-state index >= 15 is 0 Å². The van der Waals surface area contributed by atoms with E-state index in [1.807, 2.05) is 6.07 Å². The van der Waals surface area contributed by atoms with Gasteiger partial charge in [-0.1, -0.05) is 0 Å². The van der Waals surface area contributed by atoms with Crippen LogP contribution in [0.4, 0.5) is 11.4 Å². The summed E-state index contributed by atoms with van der Waals surface area (Å²) in [7, 11) is -0.775. The van der Waals surface area contributed by atoms with Gasteiger partial charge in [-0.05, 0) is 36.4 Å². The van der Waals surface area contributed by atoms with Crippen LogP contribution in [-0.2, 0) is 14.8 Å². The lowest BCUT2D eigenvalue weighted by molar-refractivity contribution is -0.114. The van der Waals surface area contributed by atoms with Crippen LogP contribution >= 0.6 is 0 Å². The monoisotopic (exact) mass is 389 g/mol. The Morgan fingerprint density at radius 1 is 1.15 bits per heavy atom. The number of amides is 1. The Balaban J connectivity index is 2.26. The van der Waals surface area contributed by atoms with E-state index in [4.69, 9.17) is 14.7 Å². The van der Waals surface area contributed by atoms with Gasteiger partial charge in [-0.3, -0.25) is 9.10 Å². The molecule has 1 amide bonds. The normalized spacial score (nSPS) is 10.6. The summed E-state index contributed by atoms with van der Waals surface area (Å²) in [6.07, 6.45) is 1.00. The fraction of sp³-hybridized carbons (Fsp3) is 0.222. The van der Waals surface area contributed by atoms with E-state index in [0.29, 0.717) is 22.7 Å². The second-order valence-corrected chi connectivity index (χ2v) is 7.45. The maximum atomic E-state index is 12.5. The topological polar surface area (TPSA) is 109 Å². The molecule has 0 aromatic heterocycles. The van der Waals surface area contributed by atoms with E-state index in [2.05, 4.69) is 5.32 Å². The van der Waals surface area contributed by atoms with Crippen molar-refractivity contribution in [3.8, 4) is 17.6 Å². The molecule has 2 rings (SSSR count). The highest BCUT2D eigenvalue weighted by atomic mass is 32.2. The number of nitriles is 1. The smallest absolute Gasteiger partial charge is 0.245 e. The molecule has 142 valence electrons. The molecule has 0 bridgehead atoms. The Morgan fingerprint density at radius 2 is 1.81 bits per heavy atom. The van der Waals surface area contributed by atoms with Gasteiger partial charge in [0, 0.05) is 6.07 Å². The van der Waals surface area contributed by atoms with Crippen LogP contribution in [0.1, 0.15) is 5.56 Å². The van der Waals surface area contributed by atoms with E-state index in [-0.39, 0.29) is 5.69 Å². The molecule has 0 saturated heterocycles. The second kappa shape index (κ2) is 8.42. The van der Waals surface area contributed by atoms with Gasteiger partial charge in [-0.2, -0.15) is 5.26 Å². The van der Waals surface area contributed by atoms with Crippen molar-refractivity contribution in [3.63, 3.8) is 0 Å². The summed E-state index contributed by atoms with van der Waals surface area (Å²) in [5, 5.41) is 11.5. The van der Waals surface area contributed by atoms with Crippen molar-refractivity contribution in [1.82, 2.24) is 0 Å². The summed E-state index contributed by atoms with van der Waals surface area (Å²) >= 11 is 0. The predicted molar refractivity (Wildman–Crippen MR) is 102 cm³/mol. The van der Waals surface area contributed by atoms with Crippen molar-refractivity contribution in [2.75, 3.05) is 36.6 Å². The van der Waals surface area contributed by atoms with Gasteiger partial charge in [0.05, 0.1) is 43.5 Å². The van der Waals surface area contributed by atoms with Crippen molar-refractivity contribution < 1.29 is 22.7 Å². The SMILES string of the molecule is COc1ccc(OC)c(NC(=O)CN(c2ccc(C#N)cc2)S(C)(=O)=O)c1. The number of ether oxygens (including phenoxy) is 2. The Labute approximate surface area is 158 Å². The molecule has 0 unspecified atom stereocenters. The number of methoxy groups -OCH3 is 2. The molecule has 27 heavy (non-hydrogen) atoms. The molecule has 2 aromatic rings. The fourth-order valence-electron chi connectivity index (χ4n) is 2.33. The van der Waals surface area contributed by atoms with E-state index in [0.717, 1.165) is 10.6 Å². The number of hydrogen-bond donors (Lipinski definition) is 1. The number of hydrogen-bond acceptors (Lipinski definition) is 6. The minimum atomic E-state index is -3.72. The van der Waals surface area contributed by atoms with E-state index in [1.54, 1.807) is 18.2 Å². The number of rotatable bonds is 7. The van der Waals surface area contributed by atoms with Gasteiger partial charge in [0.2, 0.25) is 15.9 Å². The largest absolute Gasteiger partial charge is 0.497 e. The number of anilines is 2. The molecule has 0 aliphatic rings. The first-order valence-corrected chi connectivity index (χ1v) is 9.63. The van der Waals surface area contributed by atoms with Gasteiger partial charge in [-0.15, -0.1) is 0 Å². The zero-order valence-electron chi connectivity index (χ0n) is 15.1. The average molecular weight is 389 g/mol. The summed E-state index contributed by atoms with van der Waals surface area (Å²) in [5.74, 6) is 0.364. The first-order valence-electron chi connectivity index (χ1n) is 7.78. The van der Waals surface area contributed by atoms with E-state index < -0.39 is 22.5 Å². The Morgan fingerprint density at radius 3 is 2.33 bits per heavy atom. The highest BCUT2D eigenvalue weighted by molar-refractivity contribution is 7.92. The Bertz CT molecular complexity index is 965. The van der Waals surface area contributed by atoms with Crippen LogP contribution in [-0.4, -0.2) is 41.3 Å². The molecule has 2 aromatic carbocycles. The van der Waals surface area contributed by atoms with Gasteiger partial charge >= 0.3 is 0 Å². The lowest BCUT2D eigenvalue weighted by Crippen LogP contribution is -2.37. The molecule has 0 aliphatic carbocycles. The zero-order valence-corrected chi connectivity index (χ0v) is 15.9. The second-order valence-electron chi connectivity index (χ2n) is 5.54. The summed E-state index contributed by atoms with van der Waals surface area (Å²) in [5.41, 5.74) is 1.03. The summed E-state index contributed by atoms with van der Waals surface area (Å²) in [6, 6.07) is 12.7.